The van der Waals surface area contributed by atoms with Crippen molar-refractivity contribution in [1.82, 2.24) is 9.78 Å². The Bertz CT molecular complexity index is 623. The number of hydrogen-bond donors (Lipinski definition) is 1. The SMILES string of the molecule is CC(C)Oc1cc(Oc2cnn(C(C)C)c2)c(N)cc1F. The zero-order valence-corrected chi connectivity index (χ0v) is 12.6. The second-order valence-electron chi connectivity index (χ2n) is 5.34. The molecule has 0 amide bonds. The van der Waals surface area contributed by atoms with Crippen LogP contribution in [0.15, 0.2) is 24.5 Å². The number of aromatic nitrogens is 2. The molecule has 2 aromatic rings. The van der Waals surface area contributed by atoms with Gasteiger partial charge in [0.2, 0.25) is 0 Å². The fourth-order valence-electron chi connectivity index (χ4n) is 1.77. The van der Waals surface area contributed by atoms with Gasteiger partial charge in [-0.1, -0.05) is 0 Å². The van der Waals surface area contributed by atoms with E-state index in [2.05, 4.69) is 5.10 Å². The monoisotopic (exact) mass is 293 g/mol. The molecule has 0 saturated carbocycles. The molecule has 0 atom stereocenters. The Hall–Kier alpha value is -2.24. The molecule has 114 valence electrons. The Balaban J connectivity index is 2.25. The summed E-state index contributed by atoms with van der Waals surface area (Å²) in [6, 6.07) is 2.88. The maximum absolute atomic E-state index is 13.8. The van der Waals surface area contributed by atoms with Crippen LogP contribution in [0.25, 0.3) is 0 Å². The summed E-state index contributed by atoms with van der Waals surface area (Å²) >= 11 is 0. The molecule has 1 aromatic heterocycles. The van der Waals surface area contributed by atoms with E-state index in [0.29, 0.717) is 11.5 Å². The number of rotatable bonds is 5. The summed E-state index contributed by atoms with van der Waals surface area (Å²) in [5.41, 5.74) is 6.00. The lowest BCUT2D eigenvalue weighted by Crippen LogP contribution is -2.07. The van der Waals surface area contributed by atoms with Crippen LogP contribution in [0.4, 0.5) is 10.1 Å². The van der Waals surface area contributed by atoms with E-state index in [-0.39, 0.29) is 23.6 Å². The summed E-state index contributed by atoms with van der Waals surface area (Å²) in [6.07, 6.45) is 3.21. The van der Waals surface area contributed by atoms with Gasteiger partial charge in [0, 0.05) is 18.2 Å². The normalized spacial score (nSPS) is 11.2. The third-order valence-corrected chi connectivity index (χ3v) is 2.76. The molecular formula is C15H20FN3O2. The second-order valence-corrected chi connectivity index (χ2v) is 5.34. The highest BCUT2D eigenvalue weighted by molar-refractivity contribution is 5.57. The fourth-order valence-corrected chi connectivity index (χ4v) is 1.77. The highest BCUT2D eigenvalue weighted by Gasteiger charge is 2.13. The minimum absolute atomic E-state index is 0.116. The first kappa shape index (κ1) is 15.2. The molecule has 21 heavy (non-hydrogen) atoms. The first-order chi connectivity index (χ1) is 9.86. The molecule has 2 rings (SSSR count). The van der Waals surface area contributed by atoms with Gasteiger partial charge in [-0.25, -0.2) is 4.39 Å². The van der Waals surface area contributed by atoms with Gasteiger partial charge in [-0.3, -0.25) is 4.68 Å². The van der Waals surface area contributed by atoms with Crippen LogP contribution in [-0.4, -0.2) is 15.9 Å². The van der Waals surface area contributed by atoms with Crippen molar-refractivity contribution in [2.45, 2.75) is 39.8 Å². The van der Waals surface area contributed by atoms with Crippen LogP contribution in [0.2, 0.25) is 0 Å². The van der Waals surface area contributed by atoms with Gasteiger partial charge in [0.05, 0.1) is 24.2 Å². The Morgan fingerprint density at radius 1 is 1.19 bits per heavy atom. The van der Waals surface area contributed by atoms with Crippen molar-refractivity contribution in [2.24, 2.45) is 0 Å². The molecule has 1 aromatic carbocycles. The number of hydrogen-bond acceptors (Lipinski definition) is 4. The second kappa shape index (κ2) is 6.03. The van der Waals surface area contributed by atoms with Crippen LogP contribution in [0.1, 0.15) is 33.7 Å². The van der Waals surface area contributed by atoms with Crippen LogP contribution in [-0.2, 0) is 0 Å². The van der Waals surface area contributed by atoms with E-state index >= 15 is 0 Å². The van der Waals surface area contributed by atoms with Gasteiger partial charge in [-0.2, -0.15) is 5.10 Å². The van der Waals surface area contributed by atoms with E-state index in [1.165, 1.54) is 12.1 Å². The average Bonchev–Trinajstić information content (AvgIpc) is 2.83. The van der Waals surface area contributed by atoms with E-state index in [9.17, 15) is 4.39 Å². The Morgan fingerprint density at radius 2 is 1.90 bits per heavy atom. The minimum Gasteiger partial charge on any atom is -0.488 e. The standard InChI is InChI=1S/C15H20FN3O2/c1-9(2)19-8-11(7-18-19)21-15-6-14(20-10(3)4)12(16)5-13(15)17/h5-10H,17H2,1-4H3. The van der Waals surface area contributed by atoms with Gasteiger partial charge in [-0.05, 0) is 27.7 Å². The van der Waals surface area contributed by atoms with Crippen LogP contribution < -0.4 is 15.2 Å². The molecule has 0 aliphatic carbocycles. The molecule has 2 N–H and O–H groups in total. The summed E-state index contributed by atoms with van der Waals surface area (Å²) in [6.45, 7) is 7.67. The number of nitrogen functional groups attached to an aromatic ring is 1. The smallest absolute Gasteiger partial charge is 0.167 e. The van der Waals surface area contributed by atoms with Gasteiger partial charge < -0.3 is 15.2 Å². The van der Waals surface area contributed by atoms with E-state index in [1.807, 2.05) is 27.7 Å². The first-order valence-electron chi connectivity index (χ1n) is 6.84. The topological polar surface area (TPSA) is 62.3 Å². The molecule has 0 bridgehead atoms. The minimum atomic E-state index is -0.508. The zero-order chi connectivity index (χ0) is 15.6. The lowest BCUT2D eigenvalue weighted by Gasteiger charge is -2.13. The Morgan fingerprint density at radius 3 is 2.48 bits per heavy atom. The largest absolute Gasteiger partial charge is 0.488 e. The first-order valence-corrected chi connectivity index (χ1v) is 6.84. The predicted molar refractivity (Wildman–Crippen MR) is 79.3 cm³/mol. The molecule has 0 radical (unpaired) electrons. The predicted octanol–water partition coefficient (Wildman–Crippen LogP) is 3.76. The van der Waals surface area contributed by atoms with Crippen LogP contribution in [0.5, 0.6) is 17.2 Å². The molecule has 5 nitrogen and oxygen atoms in total. The molecule has 6 heteroatoms. The molecule has 1 heterocycles. The van der Waals surface area contributed by atoms with Gasteiger partial charge in [0.25, 0.3) is 0 Å². The number of nitrogens with zero attached hydrogens (tertiary/aromatic N) is 2. The van der Waals surface area contributed by atoms with Crippen molar-refractivity contribution in [3.63, 3.8) is 0 Å². The summed E-state index contributed by atoms with van der Waals surface area (Å²) in [7, 11) is 0. The summed E-state index contributed by atoms with van der Waals surface area (Å²) < 4.78 is 26.6. The van der Waals surface area contributed by atoms with Crippen molar-refractivity contribution in [3.05, 3.63) is 30.3 Å². The van der Waals surface area contributed by atoms with Crippen LogP contribution in [0, 0.1) is 5.82 Å². The Kier molecular flexibility index (Phi) is 4.35. The van der Waals surface area contributed by atoms with E-state index in [4.69, 9.17) is 15.2 Å². The average molecular weight is 293 g/mol. The summed E-state index contributed by atoms with van der Waals surface area (Å²) in [5.74, 6) is 0.490. The number of benzene rings is 1. The highest BCUT2D eigenvalue weighted by atomic mass is 19.1. The van der Waals surface area contributed by atoms with E-state index < -0.39 is 5.82 Å². The molecule has 0 aliphatic rings. The third-order valence-electron chi connectivity index (χ3n) is 2.76. The van der Waals surface area contributed by atoms with Crippen molar-refractivity contribution >= 4 is 5.69 Å². The quantitative estimate of drug-likeness (QED) is 0.852. The van der Waals surface area contributed by atoms with Gasteiger partial charge in [0.1, 0.15) is 0 Å². The molecule has 0 spiro atoms. The summed E-state index contributed by atoms with van der Waals surface area (Å²) in [4.78, 5) is 0. The molecule has 0 aliphatic heterocycles. The van der Waals surface area contributed by atoms with Crippen molar-refractivity contribution in [1.29, 1.82) is 0 Å². The molecule has 0 fully saturated rings. The highest BCUT2D eigenvalue weighted by Crippen LogP contribution is 2.34. The maximum Gasteiger partial charge on any atom is 0.167 e. The maximum atomic E-state index is 13.8. The zero-order valence-electron chi connectivity index (χ0n) is 12.6. The number of halogens is 1. The van der Waals surface area contributed by atoms with Crippen molar-refractivity contribution in [3.8, 4) is 17.2 Å². The Labute approximate surface area is 123 Å². The number of ether oxygens (including phenoxy) is 2. The van der Waals surface area contributed by atoms with E-state index in [0.717, 1.165) is 0 Å². The fraction of sp³-hybridized carbons (Fsp3) is 0.400. The van der Waals surface area contributed by atoms with Crippen molar-refractivity contribution < 1.29 is 13.9 Å². The molecule has 0 unspecified atom stereocenters. The van der Waals surface area contributed by atoms with Gasteiger partial charge >= 0.3 is 0 Å². The van der Waals surface area contributed by atoms with E-state index in [1.54, 1.807) is 17.1 Å². The molecular weight excluding hydrogens is 273 g/mol. The van der Waals surface area contributed by atoms with Crippen LogP contribution >= 0.6 is 0 Å². The number of nitrogens with two attached hydrogens (primary N) is 1. The lowest BCUT2D eigenvalue weighted by atomic mass is 10.2. The summed E-state index contributed by atoms with van der Waals surface area (Å²) in [5, 5.41) is 4.18. The van der Waals surface area contributed by atoms with Crippen LogP contribution in [0.3, 0.4) is 0 Å². The van der Waals surface area contributed by atoms with Crippen molar-refractivity contribution in [2.75, 3.05) is 5.73 Å². The van der Waals surface area contributed by atoms with Gasteiger partial charge in [0.15, 0.2) is 23.1 Å². The molecule has 0 saturated heterocycles. The number of anilines is 1. The lowest BCUT2D eigenvalue weighted by molar-refractivity contribution is 0.230. The third kappa shape index (κ3) is 3.65. The van der Waals surface area contributed by atoms with Gasteiger partial charge in [-0.15, -0.1) is 0 Å².